The van der Waals surface area contributed by atoms with Crippen LogP contribution in [0, 0.1) is 18.3 Å². The van der Waals surface area contributed by atoms with Crippen molar-refractivity contribution in [2.45, 2.75) is 25.9 Å². The molecule has 1 aliphatic rings. The molecule has 1 aliphatic heterocycles. The van der Waals surface area contributed by atoms with E-state index < -0.39 is 0 Å². The molecule has 3 heteroatoms. The topological polar surface area (TPSA) is 47.3 Å². The van der Waals surface area contributed by atoms with Crippen molar-refractivity contribution in [3.05, 3.63) is 29.3 Å². The summed E-state index contributed by atoms with van der Waals surface area (Å²) < 4.78 is 0. The fourth-order valence-corrected chi connectivity index (χ4v) is 2.16. The van der Waals surface area contributed by atoms with Crippen LogP contribution in [0.4, 0.5) is 5.69 Å². The maximum Gasteiger partial charge on any atom is 0.0994 e. The first kappa shape index (κ1) is 11.0. The molecule has 0 aromatic heterocycles. The summed E-state index contributed by atoms with van der Waals surface area (Å²) in [6.07, 6.45) is 1.70. The number of hydrogen-bond acceptors (Lipinski definition) is 3. The lowest BCUT2D eigenvalue weighted by Gasteiger charge is -2.32. The van der Waals surface area contributed by atoms with Crippen LogP contribution in [0.15, 0.2) is 18.2 Å². The molecule has 0 saturated carbocycles. The Hall–Kier alpha value is -1.53. The van der Waals surface area contributed by atoms with E-state index in [9.17, 15) is 5.11 Å². The van der Waals surface area contributed by atoms with Gasteiger partial charge in [0.05, 0.1) is 17.7 Å². The fraction of sp³-hybridized carbons (Fsp3) is 0.462. The Labute approximate surface area is 95.9 Å². The lowest BCUT2D eigenvalue weighted by Crippen LogP contribution is -2.38. The summed E-state index contributed by atoms with van der Waals surface area (Å²) in [5, 5.41) is 18.5. The Balaban J connectivity index is 2.21. The fourth-order valence-electron chi connectivity index (χ4n) is 2.16. The van der Waals surface area contributed by atoms with Gasteiger partial charge in [-0.2, -0.15) is 5.26 Å². The number of aliphatic hydroxyl groups excluding tert-OH is 1. The van der Waals surface area contributed by atoms with Gasteiger partial charge in [-0.15, -0.1) is 0 Å². The molecular formula is C13H16N2O. The Morgan fingerprint density at radius 3 is 2.94 bits per heavy atom. The van der Waals surface area contributed by atoms with Crippen LogP contribution < -0.4 is 4.90 Å². The SMILES string of the molecule is Cc1cc(N2CCC[C@H](O)C2)ccc1C#N. The van der Waals surface area contributed by atoms with E-state index in [0.717, 1.165) is 36.2 Å². The molecule has 0 spiro atoms. The lowest BCUT2D eigenvalue weighted by molar-refractivity contribution is 0.154. The Morgan fingerprint density at radius 1 is 1.50 bits per heavy atom. The molecule has 0 unspecified atom stereocenters. The molecule has 1 atom stereocenters. The van der Waals surface area contributed by atoms with Crippen LogP contribution in [-0.2, 0) is 0 Å². The van der Waals surface area contributed by atoms with Crippen molar-refractivity contribution in [1.82, 2.24) is 0 Å². The molecule has 84 valence electrons. The molecular weight excluding hydrogens is 200 g/mol. The molecule has 0 radical (unpaired) electrons. The van der Waals surface area contributed by atoms with Gasteiger partial charge in [-0.05, 0) is 43.5 Å². The van der Waals surface area contributed by atoms with Gasteiger partial charge in [0.2, 0.25) is 0 Å². The molecule has 1 aromatic rings. The van der Waals surface area contributed by atoms with Crippen molar-refractivity contribution in [2.24, 2.45) is 0 Å². The highest BCUT2D eigenvalue weighted by atomic mass is 16.3. The largest absolute Gasteiger partial charge is 0.391 e. The molecule has 1 fully saturated rings. The third-order valence-electron chi connectivity index (χ3n) is 3.09. The summed E-state index contributed by atoms with van der Waals surface area (Å²) in [5.74, 6) is 0. The van der Waals surface area contributed by atoms with E-state index in [2.05, 4.69) is 11.0 Å². The minimum atomic E-state index is -0.218. The van der Waals surface area contributed by atoms with Gasteiger partial charge in [0.25, 0.3) is 0 Å². The number of nitriles is 1. The Kier molecular flexibility index (Phi) is 3.12. The van der Waals surface area contributed by atoms with Crippen molar-refractivity contribution in [3.8, 4) is 6.07 Å². The zero-order chi connectivity index (χ0) is 11.5. The first-order chi connectivity index (χ1) is 7.70. The predicted molar refractivity (Wildman–Crippen MR) is 63.3 cm³/mol. The third kappa shape index (κ3) is 2.17. The molecule has 0 aliphatic carbocycles. The molecule has 1 heterocycles. The summed E-state index contributed by atoms with van der Waals surface area (Å²) in [6, 6.07) is 8.01. The summed E-state index contributed by atoms with van der Waals surface area (Å²) >= 11 is 0. The van der Waals surface area contributed by atoms with Crippen LogP contribution in [0.25, 0.3) is 0 Å². The molecule has 16 heavy (non-hydrogen) atoms. The van der Waals surface area contributed by atoms with E-state index in [1.165, 1.54) is 0 Å². The first-order valence-corrected chi connectivity index (χ1v) is 5.64. The zero-order valence-corrected chi connectivity index (χ0v) is 9.48. The van der Waals surface area contributed by atoms with Gasteiger partial charge in [0.15, 0.2) is 0 Å². The number of piperidine rings is 1. The Morgan fingerprint density at radius 2 is 2.31 bits per heavy atom. The Bertz CT molecular complexity index is 422. The van der Waals surface area contributed by atoms with E-state index in [1.54, 1.807) is 0 Å². The van der Waals surface area contributed by atoms with Crippen LogP contribution in [0.1, 0.15) is 24.0 Å². The minimum Gasteiger partial charge on any atom is -0.391 e. The molecule has 0 bridgehead atoms. The molecule has 0 amide bonds. The second-order valence-electron chi connectivity index (χ2n) is 4.35. The van der Waals surface area contributed by atoms with Crippen molar-refractivity contribution >= 4 is 5.69 Å². The number of hydrogen-bond donors (Lipinski definition) is 1. The van der Waals surface area contributed by atoms with E-state index in [1.807, 2.05) is 25.1 Å². The molecule has 3 nitrogen and oxygen atoms in total. The van der Waals surface area contributed by atoms with E-state index in [0.29, 0.717) is 6.54 Å². The van der Waals surface area contributed by atoms with Gasteiger partial charge >= 0.3 is 0 Å². The first-order valence-electron chi connectivity index (χ1n) is 5.64. The highest BCUT2D eigenvalue weighted by Gasteiger charge is 2.18. The monoisotopic (exact) mass is 216 g/mol. The van der Waals surface area contributed by atoms with Crippen molar-refractivity contribution < 1.29 is 5.11 Å². The van der Waals surface area contributed by atoms with Crippen LogP contribution in [0.2, 0.25) is 0 Å². The van der Waals surface area contributed by atoms with Gasteiger partial charge in [0, 0.05) is 18.8 Å². The van der Waals surface area contributed by atoms with Crippen molar-refractivity contribution in [3.63, 3.8) is 0 Å². The van der Waals surface area contributed by atoms with Gasteiger partial charge in [-0.1, -0.05) is 0 Å². The van der Waals surface area contributed by atoms with Gasteiger partial charge in [-0.25, -0.2) is 0 Å². The van der Waals surface area contributed by atoms with Gasteiger partial charge in [0.1, 0.15) is 0 Å². The van der Waals surface area contributed by atoms with Gasteiger partial charge in [-0.3, -0.25) is 0 Å². The third-order valence-corrected chi connectivity index (χ3v) is 3.09. The smallest absolute Gasteiger partial charge is 0.0994 e. The summed E-state index contributed by atoms with van der Waals surface area (Å²) in [4.78, 5) is 2.18. The number of nitrogens with zero attached hydrogens (tertiary/aromatic N) is 2. The molecule has 1 aromatic carbocycles. The molecule has 1 saturated heterocycles. The highest BCUT2D eigenvalue weighted by Crippen LogP contribution is 2.22. The summed E-state index contributed by atoms with van der Waals surface area (Å²) in [6.45, 7) is 3.64. The minimum absolute atomic E-state index is 0.218. The second-order valence-corrected chi connectivity index (χ2v) is 4.35. The second kappa shape index (κ2) is 4.54. The quantitative estimate of drug-likeness (QED) is 0.779. The highest BCUT2D eigenvalue weighted by molar-refractivity contribution is 5.53. The number of aryl methyl sites for hydroxylation is 1. The number of rotatable bonds is 1. The number of aliphatic hydroxyl groups is 1. The standard InChI is InChI=1S/C13H16N2O/c1-10-7-12(5-4-11(10)8-14)15-6-2-3-13(16)9-15/h4-5,7,13,16H,2-3,6,9H2,1H3/t13-/m0/s1. The zero-order valence-electron chi connectivity index (χ0n) is 9.48. The van der Waals surface area contributed by atoms with Crippen LogP contribution >= 0.6 is 0 Å². The predicted octanol–water partition coefficient (Wildman–Crippen LogP) is 1.83. The number of anilines is 1. The average Bonchev–Trinajstić information content (AvgIpc) is 2.29. The van der Waals surface area contributed by atoms with E-state index in [4.69, 9.17) is 5.26 Å². The van der Waals surface area contributed by atoms with Crippen LogP contribution in [0.3, 0.4) is 0 Å². The summed E-state index contributed by atoms with van der Waals surface area (Å²) in [7, 11) is 0. The lowest BCUT2D eigenvalue weighted by atomic mass is 10.0. The molecule has 2 rings (SSSR count). The van der Waals surface area contributed by atoms with Crippen molar-refractivity contribution in [1.29, 1.82) is 5.26 Å². The van der Waals surface area contributed by atoms with Crippen molar-refractivity contribution in [2.75, 3.05) is 18.0 Å². The maximum atomic E-state index is 9.62. The normalized spacial score (nSPS) is 20.6. The van der Waals surface area contributed by atoms with E-state index in [-0.39, 0.29) is 6.10 Å². The van der Waals surface area contributed by atoms with Crippen LogP contribution in [-0.4, -0.2) is 24.3 Å². The molecule has 1 N–H and O–H groups in total. The van der Waals surface area contributed by atoms with E-state index >= 15 is 0 Å². The number of β-amino-alcohol motifs (C(OH)–C–C–N with tert-alkyl or cyclic N) is 1. The summed E-state index contributed by atoms with van der Waals surface area (Å²) in [5.41, 5.74) is 2.83. The number of benzene rings is 1. The van der Waals surface area contributed by atoms with Gasteiger partial charge < -0.3 is 10.0 Å². The van der Waals surface area contributed by atoms with Crippen LogP contribution in [0.5, 0.6) is 0 Å². The average molecular weight is 216 g/mol. The maximum absolute atomic E-state index is 9.62.